The summed E-state index contributed by atoms with van der Waals surface area (Å²) in [4.78, 5) is 15.9. The van der Waals surface area contributed by atoms with Gasteiger partial charge in [-0.2, -0.15) is 5.10 Å². The average molecular weight is 352 g/mol. The van der Waals surface area contributed by atoms with Crippen LogP contribution in [0.25, 0.3) is 0 Å². The van der Waals surface area contributed by atoms with E-state index < -0.39 is 0 Å². The number of aromatic nitrogens is 2. The van der Waals surface area contributed by atoms with Crippen LogP contribution in [0.15, 0.2) is 23.5 Å². The summed E-state index contributed by atoms with van der Waals surface area (Å²) in [5, 5.41) is 13.6. The fraction of sp³-hybridized carbons (Fsp3) is 0.706. The Morgan fingerprint density at radius 3 is 2.76 bits per heavy atom. The van der Waals surface area contributed by atoms with Crippen LogP contribution in [0.3, 0.4) is 0 Å². The molecule has 0 spiro atoms. The monoisotopic (exact) mass is 352 g/mol. The van der Waals surface area contributed by atoms with Crippen molar-refractivity contribution < 1.29 is 9.53 Å². The van der Waals surface area contributed by atoms with E-state index in [0.29, 0.717) is 19.1 Å². The Bertz CT molecular complexity index is 501. The third-order valence-corrected chi connectivity index (χ3v) is 3.51. The van der Waals surface area contributed by atoms with Gasteiger partial charge in [-0.3, -0.25) is 9.67 Å². The lowest BCUT2D eigenvalue weighted by molar-refractivity contribution is 0.146. The lowest BCUT2D eigenvalue weighted by Crippen LogP contribution is -2.47. The van der Waals surface area contributed by atoms with Gasteiger partial charge in [-0.05, 0) is 31.7 Å². The molecule has 1 rings (SSSR count). The molecule has 0 fully saturated rings. The third-order valence-electron chi connectivity index (χ3n) is 3.51. The van der Waals surface area contributed by atoms with E-state index in [4.69, 9.17) is 4.74 Å². The molecule has 0 saturated heterocycles. The number of hydrogen-bond acceptors (Lipinski definition) is 4. The highest BCUT2D eigenvalue weighted by atomic mass is 16.5. The molecule has 8 heteroatoms. The summed E-state index contributed by atoms with van der Waals surface area (Å²) >= 11 is 0. The highest BCUT2D eigenvalue weighted by Crippen LogP contribution is 2.04. The molecule has 0 aliphatic rings. The maximum Gasteiger partial charge on any atom is 0.407 e. The van der Waals surface area contributed by atoms with Gasteiger partial charge in [0, 0.05) is 45.1 Å². The minimum atomic E-state index is -0.378. The number of carbonyl (C=O) groups is 1. The minimum Gasteiger partial charge on any atom is -0.450 e. The van der Waals surface area contributed by atoms with Crippen LogP contribution in [-0.4, -0.2) is 54.6 Å². The second-order valence-corrected chi connectivity index (χ2v) is 6.19. The largest absolute Gasteiger partial charge is 0.450 e. The van der Waals surface area contributed by atoms with E-state index in [1.54, 1.807) is 20.2 Å². The fourth-order valence-corrected chi connectivity index (χ4v) is 2.42. The molecule has 0 aromatic carbocycles. The first kappa shape index (κ1) is 20.8. The van der Waals surface area contributed by atoms with E-state index in [1.807, 2.05) is 16.9 Å². The van der Waals surface area contributed by atoms with Crippen molar-refractivity contribution >= 4 is 12.1 Å². The van der Waals surface area contributed by atoms with Crippen molar-refractivity contribution in [1.82, 2.24) is 25.7 Å². The van der Waals surface area contributed by atoms with Gasteiger partial charge in [-0.1, -0.05) is 13.8 Å². The van der Waals surface area contributed by atoms with Crippen LogP contribution in [0, 0.1) is 5.92 Å². The summed E-state index contributed by atoms with van der Waals surface area (Å²) in [6.45, 7) is 8.66. The number of rotatable bonds is 10. The zero-order valence-electron chi connectivity index (χ0n) is 15.8. The van der Waals surface area contributed by atoms with Crippen LogP contribution in [0.5, 0.6) is 0 Å². The molecule has 25 heavy (non-hydrogen) atoms. The summed E-state index contributed by atoms with van der Waals surface area (Å²) in [6, 6.07) is 1.90. The normalized spacial score (nSPS) is 12.8. The van der Waals surface area contributed by atoms with Crippen molar-refractivity contribution in [2.45, 2.75) is 46.2 Å². The van der Waals surface area contributed by atoms with Crippen LogP contribution in [0.4, 0.5) is 4.79 Å². The van der Waals surface area contributed by atoms with E-state index >= 15 is 0 Å². The predicted octanol–water partition coefficient (Wildman–Crippen LogP) is 1.60. The number of ether oxygens (including phenoxy) is 1. The van der Waals surface area contributed by atoms with Gasteiger partial charge in [0.05, 0.1) is 6.61 Å². The Balaban J connectivity index is 2.33. The van der Waals surface area contributed by atoms with Gasteiger partial charge in [0.1, 0.15) is 0 Å². The molecular weight excluding hydrogens is 320 g/mol. The highest BCUT2D eigenvalue weighted by Gasteiger charge is 2.15. The Kier molecular flexibility index (Phi) is 10.1. The molecule has 1 unspecified atom stereocenters. The number of nitrogens with one attached hydrogen (secondary N) is 3. The van der Waals surface area contributed by atoms with Crippen molar-refractivity contribution in [1.29, 1.82) is 0 Å². The van der Waals surface area contributed by atoms with E-state index in [0.717, 1.165) is 31.9 Å². The first-order valence-electron chi connectivity index (χ1n) is 8.90. The first-order chi connectivity index (χ1) is 12.0. The lowest BCUT2D eigenvalue weighted by Gasteiger charge is -2.22. The zero-order valence-corrected chi connectivity index (χ0v) is 15.8. The maximum atomic E-state index is 11.7. The molecule has 0 saturated carbocycles. The molecule has 1 aromatic rings. The number of carbonyl (C=O) groups excluding carboxylic acids is 1. The molecule has 1 aromatic heterocycles. The van der Waals surface area contributed by atoms with E-state index in [9.17, 15) is 4.79 Å². The van der Waals surface area contributed by atoms with Gasteiger partial charge >= 0.3 is 6.09 Å². The van der Waals surface area contributed by atoms with Crippen LogP contribution >= 0.6 is 0 Å². The molecule has 142 valence electrons. The van der Waals surface area contributed by atoms with Gasteiger partial charge in [0.15, 0.2) is 5.96 Å². The zero-order chi connectivity index (χ0) is 18.5. The molecule has 0 aliphatic carbocycles. The third kappa shape index (κ3) is 9.59. The topological polar surface area (TPSA) is 92.6 Å². The Morgan fingerprint density at radius 1 is 1.36 bits per heavy atom. The molecule has 1 heterocycles. The molecule has 0 aliphatic heterocycles. The molecule has 0 radical (unpaired) electrons. The van der Waals surface area contributed by atoms with E-state index in [-0.39, 0.29) is 12.1 Å². The first-order valence-corrected chi connectivity index (χ1v) is 8.90. The quantitative estimate of drug-likeness (QED) is 0.338. The highest BCUT2D eigenvalue weighted by molar-refractivity contribution is 5.79. The molecule has 8 nitrogen and oxygen atoms in total. The molecule has 1 atom stereocenters. The van der Waals surface area contributed by atoms with E-state index in [1.165, 1.54) is 0 Å². The summed E-state index contributed by atoms with van der Waals surface area (Å²) in [5.41, 5.74) is 0. The summed E-state index contributed by atoms with van der Waals surface area (Å²) in [7, 11) is 1.74. The van der Waals surface area contributed by atoms with Gasteiger partial charge < -0.3 is 20.7 Å². The number of aryl methyl sites for hydroxylation is 1. The standard InChI is InChI=1S/C17H32N6O2/c1-5-25-17(24)22-15(12-14(2)3)13-20-16(18-4)19-8-6-10-23-11-7-9-21-23/h7,9,11,14-15H,5-6,8,10,12-13H2,1-4H3,(H,22,24)(H2,18,19,20). The SMILES string of the molecule is CCOC(=O)NC(CNC(=NC)NCCCn1cccn1)CC(C)C. The van der Waals surface area contributed by atoms with Crippen LogP contribution in [0.1, 0.15) is 33.6 Å². The van der Waals surface area contributed by atoms with Gasteiger partial charge in [-0.25, -0.2) is 4.79 Å². The fourth-order valence-electron chi connectivity index (χ4n) is 2.42. The number of guanidine groups is 1. The maximum absolute atomic E-state index is 11.7. The summed E-state index contributed by atoms with van der Waals surface area (Å²) in [6.07, 6.45) is 5.16. The Hall–Kier alpha value is -2.25. The molecule has 1 amide bonds. The Labute approximate surface area is 150 Å². The summed E-state index contributed by atoms with van der Waals surface area (Å²) < 4.78 is 6.87. The number of nitrogens with zero attached hydrogens (tertiary/aromatic N) is 3. The van der Waals surface area contributed by atoms with Crippen LogP contribution in [-0.2, 0) is 11.3 Å². The predicted molar refractivity (Wildman–Crippen MR) is 99.6 cm³/mol. The number of alkyl carbamates (subject to hydrolysis) is 1. The molecular formula is C17H32N6O2. The van der Waals surface area contributed by atoms with Crippen molar-refractivity contribution in [3.8, 4) is 0 Å². The molecule has 0 bridgehead atoms. The number of amides is 1. The second-order valence-electron chi connectivity index (χ2n) is 6.19. The lowest BCUT2D eigenvalue weighted by atomic mass is 10.0. The van der Waals surface area contributed by atoms with Crippen molar-refractivity contribution in [3.05, 3.63) is 18.5 Å². The van der Waals surface area contributed by atoms with Crippen molar-refractivity contribution in [3.63, 3.8) is 0 Å². The molecule has 3 N–H and O–H groups in total. The summed E-state index contributed by atoms with van der Waals surface area (Å²) in [5.74, 6) is 1.19. The average Bonchev–Trinajstić information content (AvgIpc) is 3.07. The van der Waals surface area contributed by atoms with Crippen molar-refractivity contribution in [2.24, 2.45) is 10.9 Å². The van der Waals surface area contributed by atoms with E-state index in [2.05, 4.69) is 39.9 Å². The van der Waals surface area contributed by atoms with Crippen LogP contribution in [0.2, 0.25) is 0 Å². The number of aliphatic imine (C=N–C) groups is 1. The second kappa shape index (κ2) is 12.2. The number of hydrogen-bond donors (Lipinski definition) is 3. The van der Waals surface area contributed by atoms with Crippen molar-refractivity contribution in [2.75, 3.05) is 26.7 Å². The minimum absolute atomic E-state index is 0.0123. The smallest absolute Gasteiger partial charge is 0.407 e. The Morgan fingerprint density at radius 2 is 2.16 bits per heavy atom. The van der Waals surface area contributed by atoms with Gasteiger partial charge in [-0.15, -0.1) is 0 Å². The van der Waals surface area contributed by atoms with Gasteiger partial charge in [0.25, 0.3) is 0 Å². The van der Waals surface area contributed by atoms with Gasteiger partial charge in [0.2, 0.25) is 0 Å². The van der Waals surface area contributed by atoms with Crippen LogP contribution < -0.4 is 16.0 Å².